The summed E-state index contributed by atoms with van der Waals surface area (Å²) in [6, 6.07) is 0. The number of carbonyl (C=O) groups is 4. The number of fused-ring (bicyclic) bond motifs is 3. The molecule has 0 aromatic heterocycles. The second-order valence-corrected chi connectivity index (χ2v) is 5.77. The molecule has 1 aliphatic heterocycles. The van der Waals surface area contributed by atoms with Gasteiger partial charge in [-0.15, -0.1) is 0 Å². The fourth-order valence-electron chi connectivity index (χ4n) is 3.87. The molecule has 2 fully saturated rings. The number of imide groups is 2. The Kier molecular flexibility index (Phi) is 2.61. The Bertz CT molecular complexity index is 568. The van der Waals surface area contributed by atoms with Crippen LogP contribution in [0.15, 0.2) is 12.2 Å². The molecule has 3 rings (SSSR count). The first-order chi connectivity index (χ1) is 9.37. The minimum atomic E-state index is -1.17. The molecule has 2 bridgehead atoms. The third-order valence-corrected chi connectivity index (χ3v) is 4.61. The summed E-state index contributed by atoms with van der Waals surface area (Å²) >= 11 is 0. The maximum atomic E-state index is 12.8. The van der Waals surface area contributed by atoms with Crippen molar-refractivity contribution in [3.05, 3.63) is 12.2 Å². The number of hydrogen-bond donors (Lipinski definition) is 0. The van der Waals surface area contributed by atoms with E-state index in [1.165, 1.54) is 13.8 Å². The van der Waals surface area contributed by atoms with E-state index < -0.39 is 29.2 Å². The van der Waals surface area contributed by atoms with E-state index in [0.717, 1.165) is 16.2 Å². The zero-order chi connectivity index (χ0) is 14.7. The number of piperazine rings is 1. The van der Waals surface area contributed by atoms with Crippen molar-refractivity contribution in [2.75, 3.05) is 6.54 Å². The molecule has 4 amide bonds. The molecule has 0 aromatic carbocycles. The standard InChI is InChI=1S/C14H16N2O4/c1-8(17)15-7-12(19)16(9(2)18)14(13(15)20)6-10-3-4-11(14)5-10/h3-4,10-11H,5-7H2,1-2H3/t10-,11+,14+/m0/s1. The predicted octanol–water partition coefficient (Wildman–Crippen LogP) is 0.0850. The second kappa shape index (κ2) is 4.01. The summed E-state index contributed by atoms with van der Waals surface area (Å²) in [5, 5.41) is 0. The molecule has 6 heteroatoms. The first-order valence-corrected chi connectivity index (χ1v) is 6.72. The van der Waals surface area contributed by atoms with Crippen molar-refractivity contribution in [2.24, 2.45) is 11.8 Å². The van der Waals surface area contributed by atoms with E-state index in [1.54, 1.807) is 0 Å². The third-order valence-electron chi connectivity index (χ3n) is 4.61. The Hall–Kier alpha value is -1.98. The van der Waals surface area contributed by atoms with Gasteiger partial charge < -0.3 is 0 Å². The monoisotopic (exact) mass is 276 g/mol. The van der Waals surface area contributed by atoms with Crippen LogP contribution in [0.3, 0.4) is 0 Å². The van der Waals surface area contributed by atoms with Crippen molar-refractivity contribution in [3.63, 3.8) is 0 Å². The van der Waals surface area contributed by atoms with E-state index in [1.807, 2.05) is 12.2 Å². The maximum absolute atomic E-state index is 12.8. The average Bonchev–Trinajstić information content (AvgIpc) is 2.94. The summed E-state index contributed by atoms with van der Waals surface area (Å²) in [5.74, 6) is -1.71. The summed E-state index contributed by atoms with van der Waals surface area (Å²) in [5.41, 5.74) is -1.17. The molecule has 0 unspecified atom stereocenters. The number of carbonyl (C=O) groups excluding carboxylic acids is 4. The normalized spacial score (nSPS) is 35.3. The smallest absolute Gasteiger partial charge is 0.256 e. The molecule has 0 radical (unpaired) electrons. The van der Waals surface area contributed by atoms with Crippen molar-refractivity contribution in [1.29, 1.82) is 0 Å². The zero-order valence-electron chi connectivity index (χ0n) is 11.5. The van der Waals surface area contributed by atoms with Crippen LogP contribution in [0.1, 0.15) is 26.7 Å². The number of hydrogen-bond acceptors (Lipinski definition) is 4. The van der Waals surface area contributed by atoms with Crippen molar-refractivity contribution in [1.82, 2.24) is 9.80 Å². The lowest BCUT2D eigenvalue weighted by atomic mass is 9.79. The number of allylic oxidation sites excluding steroid dienone is 1. The minimum Gasteiger partial charge on any atom is -0.275 e. The van der Waals surface area contributed by atoms with Crippen molar-refractivity contribution >= 4 is 23.6 Å². The van der Waals surface area contributed by atoms with E-state index in [0.29, 0.717) is 6.42 Å². The van der Waals surface area contributed by atoms with Gasteiger partial charge in [0, 0.05) is 19.8 Å². The third kappa shape index (κ3) is 1.44. The number of rotatable bonds is 0. The first-order valence-electron chi connectivity index (χ1n) is 6.72. The molecule has 20 heavy (non-hydrogen) atoms. The van der Waals surface area contributed by atoms with Crippen LogP contribution in [0, 0.1) is 11.8 Å². The number of amides is 4. The van der Waals surface area contributed by atoms with Crippen molar-refractivity contribution < 1.29 is 19.2 Å². The summed E-state index contributed by atoms with van der Waals surface area (Å²) < 4.78 is 0. The van der Waals surface area contributed by atoms with E-state index in [2.05, 4.69) is 0 Å². The van der Waals surface area contributed by atoms with Gasteiger partial charge in [-0.25, -0.2) is 0 Å². The van der Waals surface area contributed by atoms with Crippen LogP contribution in [0.5, 0.6) is 0 Å². The van der Waals surface area contributed by atoms with Gasteiger partial charge >= 0.3 is 0 Å². The van der Waals surface area contributed by atoms with Gasteiger partial charge in [-0.3, -0.25) is 29.0 Å². The van der Waals surface area contributed by atoms with Gasteiger partial charge in [-0.1, -0.05) is 12.2 Å². The Morgan fingerprint density at radius 3 is 2.35 bits per heavy atom. The van der Waals surface area contributed by atoms with Crippen LogP contribution in [0.2, 0.25) is 0 Å². The molecule has 0 N–H and O–H groups in total. The van der Waals surface area contributed by atoms with Crippen LogP contribution >= 0.6 is 0 Å². The quantitative estimate of drug-likeness (QED) is 0.587. The second-order valence-electron chi connectivity index (χ2n) is 5.77. The topological polar surface area (TPSA) is 74.8 Å². The molecule has 1 saturated carbocycles. The molecule has 1 spiro atoms. The molecule has 2 aliphatic carbocycles. The molecule has 3 atom stereocenters. The summed E-state index contributed by atoms with van der Waals surface area (Å²) in [6.07, 6.45) is 5.12. The van der Waals surface area contributed by atoms with Gasteiger partial charge in [-0.05, 0) is 18.8 Å². The van der Waals surface area contributed by atoms with Crippen LogP contribution < -0.4 is 0 Å². The maximum Gasteiger partial charge on any atom is 0.256 e. The van der Waals surface area contributed by atoms with Crippen LogP contribution in [-0.4, -0.2) is 45.5 Å². The van der Waals surface area contributed by atoms with Gasteiger partial charge in [0.1, 0.15) is 12.1 Å². The van der Waals surface area contributed by atoms with E-state index in [-0.39, 0.29) is 18.4 Å². The molecule has 1 heterocycles. The van der Waals surface area contributed by atoms with Crippen molar-refractivity contribution in [2.45, 2.75) is 32.2 Å². The Balaban J connectivity index is 2.12. The van der Waals surface area contributed by atoms with Gasteiger partial charge in [0.15, 0.2) is 0 Å². The summed E-state index contributed by atoms with van der Waals surface area (Å²) in [7, 11) is 0. The van der Waals surface area contributed by atoms with Gasteiger partial charge in [0.05, 0.1) is 0 Å². The summed E-state index contributed by atoms with van der Waals surface area (Å²) in [6.45, 7) is 2.23. The fourth-order valence-corrected chi connectivity index (χ4v) is 3.87. The Morgan fingerprint density at radius 1 is 1.20 bits per heavy atom. The fraction of sp³-hybridized carbons (Fsp3) is 0.571. The van der Waals surface area contributed by atoms with E-state index in [9.17, 15) is 19.2 Å². The Labute approximate surface area is 116 Å². The zero-order valence-corrected chi connectivity index (χ0v) is 11.5. The number of nitrogens with zero attached hydrogens (tertiary/aromatic N) is 2. The van der Waals surface area contributed by atoms with Crippen LogP contribution in [0.4, 0.5) is 0 Å². The largest absolute Gasteiger partial charge is 0.275 e. The predicted molar refractivity (Wildman–Crippen MR) is 68.0 cm³/mol. The SMILES string of the molecule is CC(=O)N1CC(=O)N(C(C)=O)[C@@]2(C[C@H]3C=C[C@@H]2C3)C1=O. The molecule has 0 aromatic rings. The van der Waals surface area contributed by atoms with Gasteiger partial charge in [0.2, 0.25) is 17.7 Å². The highest BCUT2D eigenvalue weighted by Gasteiger charge is 2.63. The van der Waals surface area contributed by atoms with Crippen molar-refractivity contribution in [3.8, 4) is 0 Å². The van der Waals surface area contributed by atoms with Crippen LogP contribution in [-0.2, 0) is 19.2 Å². The molecular formula is C14H16N2O4. The lowest BCUT2D eigenvalue weighted by Gasteiger charge is -2.48. The lowest BCUT2D eigenvalue weighted by Crippen LogP contribution is -2.71. The lowest BCUT2D eigenvalue weighted by molar-refractivity contribution is -0.175. The molecule has 3 aliphatic rings. The molecule has 1 saturated heterocycles. The highest BCUT2D eigenvalue weighted by atomic mass is 16.2. The van der Waals surface area contributed by atoms with E-state index in [4.69, 9.17) is 0 Å². The van der Waals surface area contributed by atoms with Crippen LogP contribution in [0.25, 0.3) is 0 Å². The summed E-state index contributed by atoms with van der Waals surface area (Å²) in [4.78, 5) is 50.6. The van der Waals surface area contributed by atoms with Gasteiger partial charge in [0.25, 0.3) is 5.91 Å². The minimum absolute atomic E-state index is 0.171. The molecule has 106 valence electrons. The average molecular weight is 276 g/mol. The molecule has 6 nitrogen and oxygen atoms in total. The highest BCUT2D eigenvalue weighted by molar-refractivity contribution is 6.12. The molecular weight excluding hydrogens is 260 g/mol. The Morgan fingerprint density at radius 2 is 1.90 bits per heavy atom. The van der Waals surface area contributed by atoms with Gasteiger partial charge in [-0.2, -0.15) is 0 Å². The highest BCUT2D eigenvalue weighted by Crippen LogP contribution is 2.51. The first kappa shape index (κ1) is 13.0. The van der Waals surface area contributed by atoms with E-state index >= 15 is 0 Å².